The minimum Gasteiger partial charge on any atom is -0.466 e. The summed E-state index contributed by atoms with van der Waals surface area (Å²) in [6.07, 6.45) is 1.24. The number of carbonyl (C=O) groups is 1. The van der Waals surface area contributed by atoms with Gasteiger partial charge in [-0.15, -0.1) is 0 Å². The molecule has 0 aromatic heterocycles. The fraction of sp³-hybridized carbons (Fsp3) is 0.500. The van der Waals surface area contributed by atoms with Crippen molar-refractivity contribution in [1.82, 2.24) is 0 Å². The van der Waals surface area contributed by atoms with Crippen molar-refractivity contribution in [2.24, 2.45) is 0 Å². The lowest BCUT2D eigenvalue weighted by atomic mass is 9.94. The fourth-order valence-corrected chi connectivity index (χ4v) is 1.66. The molecule has 0 bridgehead atoms. The van der Waals surface area contributed by atoms with E-state index >= 15 is 0 Å². The number of carbonyl (C=O) groups excluding carboxylic acids is 1. The van der Waals surface area contributed by atoms with Gasteiger partial charge in [-0.25, -0.2) is 0 Å². The fourth-order valence-electron chi connectivity index (χ4n) is 1.66. The van der Waals surface area contributed by atoms with Crippen molar-refractivity contribution in [3.05, 3.63) is 30.3 Å². The predicted octanol–water partition coefficient (Wildman–Crippen LogP) is 3.22. The highest BCUT2D eigenvalue weighted by molar-refractivity contribution is 5.71. The van der Waals surface area contributed by atoms with Crippen molar-refractivity contribution in [1.29, 1.82) is 0 Å². The van der Waals surface area contributed by atoms with Crippen molar-refractivity contribution in [3.63, 3.8) is 0 Å². The van der Waals surface area contributed by atoms with Gasteiger partial charge in [-0.3, -0.25) is 4.79 Å². The largest absolute Gasteiger partial charge is 0.466 e. The molecule has 17 heavy (non-hydrogen) atoms. The van der Waals surface area contributed by atoms with E-state index in [1.807, 2.05) is 44.2 Å². The van der Waals surface area contributed by atoms with Crippen molar-refractivity contribution >= 4 is 11.7 Å². The first kappa shape index (κ1) is 13.6. The first-order valence-corrected chi connectivity index (χ1v) is 6.08. The summed E-state index contributed by atoms with van der Waals surface area (Å²) in [6.45, 7) is 6.36. The number of rotatable bonds is 6. The van der Waals surface area contributed by atoms with Gasteiger partial charge in [0.25, 0.3) is 0 Å². The van der Waals surface area contributed by atoms with Crippen LogP contribution >= 0.6 is 0 Å². The van der Waals surface area contributed by atoms with E-state index in [-0.39, 0.29) is 11.5 Å². The van der Waals surface area contributed by atoms with Crippen LogP contribution in [0, 0.1) is 0 Å². The summed E-state index contributed by atoms with van der Waals surface area (Å²) in [6, 6.07) is 9.92. The molecule has 1 aromatic carbocycles. The number of anilines is 1. The molecule has 0 saturated heterocycles. The van der Waals surface area contributed by atoms with Gasteiger partial charge >= 0.3 is 5.97 Å². The molecule has 94 valence electrons. The molecule has 1 atom stereocenters. The Morgan fingerprint density at radius 1 is 1.29 bits per heavy atom. The maximum absolute atomic E-state index is 11.5. The van der Waals surface area contributed by atoms with E-state index in [9.17, 15) is 4.79 Å². The first-order chi connectivity index (χ1) is 8.09. The molecule has 0 aliphatic carbocycles. The number of para-hydroxylation sites is 1. The van der Waals surface area contributed by atoms with Gasteiger partial charge in [-0.1, -0.05) is 25.1 Å². The maximum Gasteiger partial charge on any atom is 0.308 e. The number of ether oxygens (including phenoxy) is 1. The van der Waals surface area contributed by atoms with Crippen LogP contribution in [0.3, 0.4) is 0 Å². The third kappa shape index (κ3) is 4.47. The number of hydrogen-bond acceptors (Lipinski definition) is 3. The average molecular weight is 235 g/mol. The number of benzene rings is 1. The molecule has 1 rings (SSSR count). The molecule has 1 unspecified atom stereocenters. The van der Waals surface area contributed by atoms with Crippen LogP contribution < -0.4 is 5.32 Å². The molecule has 3 heteroatoms. The van der Waals surface area contributed by atoms with E-state index in [2.05, 4.69) is 12.2 Å². The van der Waals surface area contributed by atoms with Gasteiger partial charge < -0.3 is 10.1 Å². The highest BCUT2D eigenvalue weighted by Gasteiger charge is 2.26. The second-order valence-electron chi connectivity index (χ2n) is 4.39. The van der Waals surface area contributed by atoms with E-state index in [1.165, 1.54) is 0 Å². The van der Waals surface area contributed by atoms with E-state index in [0.29, 0.717) is 13.0 Å². The van der Waals surface area contributed by atoms with Gasteiger partial charge in [0.2, 0.25) is 0 Å². The van der Waals surface area contributed by atoms with E-state index < -0.39 is 0 Å². The van der Waals surface area contributed by atoms with Crippen LogP contribution in [0.4, 0.5) is 5.69 Å². The summed E-state index contributed by atoms with van der Waals surface area (Å²) in [4.78, 5) is 11.5. The van der Waals surface area contributed by atoms with E-state index in [0.717, 1.165) is 12.1 Å². The summed E-state index contributed by atoms with van der Waals surface area (Å²) < 4.78 is 5.00. The van der Waals surface area contributed by atoms with Crippen molar-refractivity contribution in [3.8, 4) is 0 Å². The Labute approximate surface area is 103 Å². The summed E-state index contributed by atoms with van der Waals surface area (Å²) in [5, 5.41) is 3.39. The minimum absolute atomic E-state index is 0.153. The zero-order valence-electron chi connectivity index (χ0n) is 10.8. The van der Waals surface area contributed by atoms with Gasteiger partial charge in [0.15, 0.2) is 0 Å². The zero-order valence-corrected chi connectivity index (χ0v) is 10.8. The highest BCUT2D eigenvalue weighted by atomic mass is 16.5. The molecule has 3 nitrogen and oxygen atoms in total. The molecule has 1 N–H and O–H groups in total. The summed E-state index contributed by atoms with van der Waals surface area (Å²) in [7, 11) is 0. The molecule has 0 saturated carbocycles. The Morgan fingerprint density at radius 3 is 2.47 bits per heavy atom. The van der Waals surface area contributed by atoms with Crippen molar-refractivity contribution in [2.75, 3.05) is 11.9 Å². The molecular weight excluding hydrogens is 214 g/mol. The van der Waals surface area contributed by atoms with Gasteiger partial charge in [0.05, 0.1) is 13.0 Å². The smallest absolute Gasteiger partial charge is 0.308 e. The highest BCUT2D eigenvalue weighted by Crippen LogP contribution is 2.22. The molecule has 0 heterocycles. The normalized spacial score (nSPS) is 13.8. The lowest BCUT2D eigenvalue weighted by Gasteiger charge is -2.29. The summed E-state index contributed by atoms with van der Waals surface area (Å²) in [5.41, 5.74) is 0.772. The second-order valence-corrected chi connectivity index (χ2v) is 4.39. The van der Waals surface area contributed by atoms with Crippen LogP contribution in [-0.2, 0) is 9.53 Å². The lowest BCUT2D eigenvalue weighted by Crippen LogP contribution is -2.37. The number of esters is 1. The van der Waals surface area contributed by atoms with Crippen molar-refractivity contribution < 1.29 is 9.53 Å². The first-order valence-electron chi connectivity index (χ1n) is 6.08. The third-order valence-electron chi connectivity index (χ3n) is 2.84. The SMILES string of the molecule is CCOC(=O)CC(C)(CC)Nc1ccccc1. The summed E-state index contributed by atoms with van der Waals surface area (Å²) >= 11 is 0. The molecule has 0 radical (unpaired) electrons. The van der Waals surface area contributed by atoms with Crippen LogP contribution in [0.5, 0.6) is 0 Å². The third-order valence-corrected chi connectivity index (χ3v) is 2.84. The van der Waals surface area contributed by atoms with Gasteiger partial charge in [-0.2, -0.15) is 0 Å². The average Bonchev–Trinajstić information content (AvgIpc) is 2.30. The molecule has 0 fully saturated rings. The molecule has 0 aliphatic heterocycles. The zero-order chi connectivity index (χ0) is 12.7. The quantitative estimate of drug-likeness (QED) is 0.769. The number of nitrogens with one attached hydrogen (secondary N) is 1. The van der Waals surface area contributed by atoms with Crippen LogP contribution in [-0.4, -0.2) is 18.1 Å². The van der Waals surface area contributed by atoms with Gasteiger partial charge in [-0.05, 0) is 32.4 Å². The lowest BCUT2D eigenvalue weighted by molar-refractivity contribution is -0.144. The van der Waals surface area contributed by atoms with E-state index in [1.54, 1.807) is 0 Å². The maximum atomic E-state index is 11.5. The Morgan fingerprint density at radius 2 is 1.94 bits per heavy atom. The standard InChI is InChI=1S/C14H21NO2/c1-4-14(3,11-13(16)17-5-2)15-12-9-7-6-8-10-12/h6-10,15H,4-5,11H2,1-3H3. The molecule has 1 aromatic rings. The Balaban J connectivity index is 2.65. The van der Waals surface area contributed by atoms with Crippen LogP contribution in [0.15, 0.2) is 30.3 Å². The second kappa shape index (κ2) is 6.28. The topological polar surface area (TPSA) is 38.3 Å². The van der Waals surface area contributed by atoms with Crippen LogP contribution in [0.2, 0.25) is 0 Å². The van der Waals surface area contributed by atoms with Gasteiger partial charge in [0, 0.05) is 11.2 Å². The monoisotopic (exact) mass is 235 g/mol. The summed E-state index contributed by atoms with van der Waals surface area (Å²) in [5.74, 6) is -0.153. The van der Waals surface area contributed by atoms with Crippen LogP contribution in [0.1, 0.15) is 33.6 Å². The minimum atomic E-state index is -0.256. The Bertz CT molecular complexity index is 350. The van der Waals surface area contributed by atoms with E-state index in [4.69, 9.17) is 4.74 Å². The Kier molecular flexibility index (Phi) is 5.01. The number of hydrogen-bond donors (Lipinski definition) is 1. The molecule has 0 spiro atoms. The predicted molar refractivity (Wildman–Crippen MR) is 70.0 cm³/mol. The molecule has 0 amide bonds. The van der Waals surface area contributed by atoms with Crippen LogP contribution in [0.25, 0.3) is 0 Å². The van der Waals surface area contributed by atoms with Gasteiger partial charge in [0.1, 0.15) is 0 Å². The van der Waals surface area contributed by atoms with Crippen molar-refractivity contribution in [2.45, 2.75) is 39.2 Å². The molecular formula is C14H21NO2. The molecule has 0 aliphatic rings. The Hall–Kier alpha value is -1.51.